The number of hydrogen-bond acceptors (Lipinski definition) is 2. The van der Waals surface area contributed by atoms with Gasteiger partial charge in [0.15, 0.2) is 5.78 Å². The van der Waals surface area contributed by atoms with Gasteiger partial charge in [0.2, 0.25) is 0 Å². The molecular weight excluding hydrogens is 284 g/mol. The molecule has 0 saturated heterocycles. The van der Waals surface area contributed by atoms with E-state index in [1.54, 1.807) is 0 Å². The van der Waals surface area contributed by atoms with Crippen molar-refractivity contribution in [3.05, 3.63) is 0 Å². The third-order valence-corrected chi connectivity index (χ3v) is 9.13. The van der Waals surface area contributed by atoms with Gasteiger partial charge < -0.3 is 5.11 Å². The number of ketones is 1. The van der Waals surface area contributed by atoms with Gasteiger partial charge in [-0.2, -0.15) is 0 Å². The Bertz CT molecular complexity index is 486. The van der Waals surface area contributed by atoms with Crippen molar-refractivity contribution in [3.8, 4) is 0 Å². The van der Waals surface area contributed by atoms with Crippen LogP contribution in [0.25, 0.3) is 0 Å². The number of hydrogen-bond donors (Lipinski definition) is 1. The fourth-order valence-corrected chi connectivity index (χ4v) is 7.93. The highest BCUT2D eigenvalue weighted by molar-refractivity contribution is 5.83. The number of carbonyl (C=O) groups excluding carboxylic acids is 1. The molecule has 0 heterocycles. The average Bonchev–Trinajstić information content (AvgIpc) is 2.91. The normalized spacial score (nSPS) is 52.4. The predicted octanol–water partition coefficient (Wildman–Crippen LogP) is 4.60. The van der Waals surface area contributed by atoms with Crippen LogP contribution in [0.4, 0.5) is 0 Å². The van der Waals surface area contributed by atoms with Crippen molar-refractivity contribution in [1.29, 1.82) is 0 Å². The summed E-state index contributed by atoms with van der Waals surface area (Å²) in [5, 5.41) is 9.38. The fourth-order valence-electron chi connectivity index (χ4n) is 7.93. The van der Waals surface area contributed by atoms with E-state index in [0.717, 1.165) is 30.1 Å². The van der Waals surface area contributed by atoms with E-state index in [4.69, 9.17) is 0 Å². The molecule has 0 aromatic carbocycles. The van der Waals surface area contributed by atoms with Crippen LogP contribution < -0.4 is 0 Å². The molecule has 4 saturated carbocycles. The highest BCUT2D eigenvalue weighted by Crippen LogP contribution is 2.67. The molecule has 7 atom stereocenters. The molecule has 2 nitrogen and oxygen atoms in total. The summed E-state index contributed by atoms with van der Waals surface area (Å²) in [5.41, 5.74) is 0.764. The zero-order valence-electron chi connectivity index (χ0n) is 15.0. The number of aliphatic hydroxyl groups excluding tert-OH is 1. The largest absolute Gasteiger partial charge is 0.389 e. The smallest absolute Gasteiger partial charge is 0.161 e. The van der Waals surface area contributed by atoms with Crippen LogP contribution in [0.2, 0.25) is 0 Å². The number of carbonyl (C=O) groups is 1. The van der Waals surface area contributed by atoms with Gasteiger partial charge in [-0.3, -0.25) is 4.79 Å². The van der Waals surface area contributed by atoms with Gasteiger partial charge in [0.25, 0.3) is 0 Å². The minimum Gasteiger partial charge on any atom is -0.389 e. The Morgan fingerprint density at radius 2 is 1.70 bits per heavy atom. The molecule has 4 aliphatic carbocycles. The van der Waals surface area contributed by atoms with Crippen LogP contribution in [0, 0.1) is 40.4 Å². The molecule has 0 bridgehead atoms. The molecule has 0 aromatic heterocycles. The average molecular weight is 319 g/mol. The van der Waals surface area contributed by atoms with Crippen LogP contribution in [0.1, 0.15) is 78.1 Å². The van der Waals surface area contributed by atoms with Crippen molar-refractivity contribution in [3.63, 3.8) is 0 Å². The van der Waals surface area contributed by atoms with Gasteiger partial charge in [-0.15, -0.1) is 0 Å². The third-order valence-electron chi connectivity index (χ3n) is 9.13. The number of aliphatic hydroxyl groups is 1. The van der Waals surface area contributed by atoms with Crippen molar-refractivity contribution in [2.45, 2.75) is 78.1 Å². The lowest BCUT2D eigenvalue weighted by atomic mass is 9.45. The van der Waals surface area contributed by atoms with E-state index in [-0.39, 0.29) is 23.7 Å². The maximum Gasteiger partial charge on any atom is 0.161 e. The monoisotopic (exact) mass is 318 g/mol. The molecule has 0 aliphatic heterocycles. The standard InChI is InChI=1S/C21H34O2/c1-20-11-4-3-5-14(20)6-7-15-16-8-9-18(19(23)13-22)21(16,2)12-10-17(15)20/h14-18,22H,3-13H2,1-2H3/t14?,15-,16-,17-,18-,20-,21-/m0/s1. The van der Waals surface area contributed by atoms with Crippen LogP contribution >= 0.6 is 0 Å². The number of Topliss-reactive ketones (excluding diaryl/α,β-unsaturated/α-hetero) is 1. The van der Waals surface area contributed by atoms with Crippen molar-refractivity contribution in [1.82, 2.24) is 0 Å². The Morgan fingerprint density at radius 3 is 2.48 bits per heavy atom. The first-order valence-electron chi connectivity index (χ1n) is 10.1. The summed E-state index contributed by atoms with van der Waals surface area (Å²) in [7, 11) is 0. The lowest BCUT2D eigenvalue weighted by Gasteiger charge is -2.60. The second kappa shape index (κ2) is 5.58. The summed E-state index contributed by atoms with van der Waals surface area (Å²) in [6.45, 7) is 4.75. The lowest BCUT2D eigenvalue weighted by molar-refractivity contribution is -0.137. The van der Waals surface area contributed by atoms with Crippen molar-refractivity contribution in [2.75, 3.05) is 6.61 Å². The first-order chi connectivity index (χ1) is 11.0. The molecule has 2 heteroatoms. The molecule has 0 amide bonds. The molecule has 4 fully saturated rings. The van der Waals surface area contributed by atoms with Gasteiger partial charge in [-0.25, -0.2) is 0 Å². The summed E-state index contributed by atoms with van der Waals surface area (Å²) in [4.78, 5) is 12.3. The molecule has 0 spiro atoms. The van der Waals surface area contributed by atoms with Crippen LogP contribution in [-0.2, 0) is 4.79 Å². The SMILES string of the molecule is C[C@]12CC[C@H]3[C@@H](CCC4CCCC[C@@]43C)[C@@H]1CC[C@H]2C(=O)CO. The zero-order chi connectivity index (χ0) is 16.2. The first-order valence-corrected chi connectivity index (χ1v) is 10.1. The van der Waals surface area contributed by atoms with Crippen molar-refractivity contribution < 1.29 is 9.90 Å². The minimum absolute atomic E-state index is 0.117. The van der Waals surface area contributed by atoms with E-state index < -0.39 is 0 Å². The molecule has 23 heavy (non-hydrogen) atoms. The Kier molecular flexibility index (Phi) is 3.91. The second-order valence-electron chi connectivity index (χ2n) is 9.70. The molecular formula is C21H34O2. The number of rotatable bonds is 2. The van der Waals surface area contributed by atoms with Crippen LogP contribution in [0.3, 0.4) is 0 Å². The molecule has 0 aromatic rings. The second-order valence-corrected chi connectivity index (χ2v) is 9.70. The van der Waals surface area contributed by atoms with Crippen LogP contribution in [-0.4, -0.2) is 17.5 Å². The van der Waals surface area contributed by atoms with E-state index in [1.165, 1.54) is 57.8 Å². The van der Waals surface area contributed by atoms with Gasteiger partial charge >= 0.3 is 0 Å². The van der Waals surface area contributed by atoms with Crippen LogP contribution in [0.15, 0.2) is 0 Å². The summed E-state index contributed by atoms with van der Waals surface area (Å²) in [6.07, 6.45) is 13.5. The van der Waals surface area contributed by atoms with E-state index in [2.05, 4.69) is 13.8 Å². The topological polar surface area (TPSA) is 37.3 Å². The van der Waals surface area contributed by atoms with E-state index >= 15 is 0 Å². The van der Waals surface area contributed by atoms with Gasteiger partial charge in [-0.1, -0.05) is 26.7 Å². The summed E-state index contributed by atoms with van der Waals surface area (Å²) >= 11 is 0. The van der Waals surface area contributed by atoms with Crippen molar-refractivity contribution >= 4 is 5.78 Å². The number of fused-ring (bicyclic) bond motifs is 5. The van der Waals surface area contributed by atoms with Crippen molar-refractivity contribution in [2.24, 2.45) is 40.4 Å². The van der Waals surface area contributed by atoms with Gasteiger partial charge in [-0.05, 0) is 85.9 Å². The molecule has 1 unspecified atom stereocenters. The minimum atomic E-state index is -0.249. The zero-order valence-corrected chi connectivity index (χ0v) is 15.0. The Hall–Kier alpha value is -0.370. The summed E-state index contributed by atoms with van der Waals surface area (Å²) in [6, 6.07) is 0. The molecule has 4 aliphatic rings. The van der Waals surface area contributed by atoms with E-state index in [0.29, 0.717) is 5.41 Å². The maximum absolute atomic E-state index is 12.3. The quantitative estimate of drug-likeness (QED) is 0.808. The predicted molar refractivity (Wildman–Crippen MR) is 91.9 cm³/mol. The highest BCUT2D eigenvalue weighted by atomic mass is 16.3. The van der Waals surface area contributed by atoms with Crippen LogP contribution in [0.5, 0.6) is 0 Å². The van der Waals surface area contributed by atoms with Gasteiger partial charge in [0.05, 0.1) is 0 Å². The fraction of sp³-hybridized carbons (Fsp3) is 0.952. The summed E-state index contributed by atoms with van der Waals surface area (Å²) in [5.74, 6) is 3.72. The highest BCUT2D eigenvalue weighted by Gasteiger charge is 2.60. The third kappa shape index (κ3) is 2.19. The Morgan fingerprint density at radius 1 is 0.913 bits per heavy atom. The maximum atomic E-state index is 12.3. The Labute approximate surface area is 141 Å². The van der Waals surface area contributed by atoms with Gasteiger partial charge in [0, 0.05) is 5.92 Å². The van der Waals surface area contributed by atoms with E-state index in [1.807, 2.05) is 0 Å². The molecule has 0 radical (unpaired) electrons. The lowest BCUT2D eigenvalue weighted by Crippen LogP contribution is -2.53. The van der Waals surface area contributed by atoms with Gasteiger partial charge in [0.1, 0.15) is 6.61 Å². The Balaban J connectivity index is 1.61. The summed E-state index contributed by atoms with van der Waals surface area (Å²) < 4.78 is 0. The first kappa shape index (κ1) is 16.1. The molecule has 4 rings (SSSR count). The molecule has 130 valence electrons. The van der Waals surface area contributed by atoms with E-state index in [9.17, 15) is 9.90 Å². The molecule has 1 N–H and O–H groups in total.